The number of ether oxygens (including phenoxy) is 1. The molecule has 2 rings (SSSR count). The lowest BCUT2D eigenvalue weighted by Crippen LogP contribution is -2.32. The summed E-state index contributed by atoms with van der Waals surface area (Å²) in [5, 5.41) is 5.88. The number of nitrogens with one attached hydrogen (secondary N) is 2. The molecule has 2 amide bonds. The largest absolute Gasteiger partial charge is 0.382 e. The molecule has 148 valence electrons. The van der Waals surface area contributed by atoms with E-state index >= 15 is 0 Å². The molecule has 2 aromatic rings. The van der Waals surface area contributed by atoms with Gasteiger partial charge < -0.3 is 19.9 Å². The van der Waals surface area contributed by atoms with Crippen LogP contribution in [0.5, 0.6) is 0 Å². The Kier molecular flexibility index (Phi) is 8.26. The Morgan fingerprint density at radius 3 is 2.74 bits per heavy atom. The van der Waals surface area contributed by atoms with E-state index in [0.29, 0.717) is 32.0 Å². The first-order valence-electron chi connectivity index (χ1n) is 9.65. The molecule has 1 aromatic heterocycles. The van der Waals surface area contributed by atoms with Crippen LogP contribution in [0, 0.1) is 0 Å². The molecule has 1 unspecified atom stereocenters. The van der Waals surface area contributed by atoms with E-state index in [9.17, 15) is 9.59 Å². The number of hydrogen-bond acceptors (Lipinski definition) is 4. The number of benzene rings is 1. The minimum atomic E-state index is -0.276. The summed E-state index contributed by atoms with van der Waals surface area (Å²) in [6, 6.07) is 7.41. The van der Waals surface area contributed by atoms with Crippen molar-refractivity contribution in [2.75, 3.05) is 19.8 Å². The third-order valence-electron chi connectivity index (χ3n) is 4.22. The van der Waals surface area contributed by atoms with Crippen LogP contribution >= 0.6 is 0 Å². The first kappa shape index (κ1) is 20.9. The topological polar surface area (TPSA) is 85.2 Å². The zero-order valence-corrected chi connectivity index (χ0v) is 16.5. The van der Waals surface area contributed by atoms with Crippen molar-refractivity contribution in [2.24, 2.45) is 0 Å². The standard InChI is InChI=1S/C20H30N4O3/c1-4-9-18(25)22-15(3)20-23-16-10-6-7-11-17(16)24(20)14-19(26)21-12-8-13-27-5-2/h6-7,10-11,15H,4-5,8-9,12-14H2,1-3H3,(H,21,26)(H,22,25). The number of imidazole rings is 1. The molecule has 0 aliphatic rings. The Morgan fingerprint density at radius 2 is 2.00 bits per heavy atom. The van der Waals surface area contributed by atoms with Gasteiger partial charge in [-0.1, -0.05) is 19.1 Å². The van der Waals surface area contributed by atoms with Crippen molar-refractivity contribution in [2.45, 2.75) is 52.6 Å². The van der Waals surface area contributed by atoms with E-state index in [0.717, 1.165) is 23.9 Å². The van der Waals surface area contributed by atoms with Crippen molar-refractivity contribution in [3.8, 4) is 0 Å². The summed E-state index contributed by atoms with van der Waals surface area (Å²) in [4.78, 5) is 29.0. The number of carbonyl (C=O) groups is 2. The third-order valence-corrected chi connectivity index (χ3v) is 4.22. The summed E-state index contributed by atoms with van der Waals surface area (Å²) in [5.41, 5.74) is 1.70. The van der Waals surface area contributed by atoms with Gasteiger partial charge >= 0.3 is 0 Å². The minimum Gasteiger partial charge on any atom is -0.382 e. The van der Waals surface area contributed by atoms with E-state index < -0.39 is 0 Å². The first-order chi connectivity index (χ1) is 13.1. The summed E-state index contributed by atoms with van der Waals surface area (Å²) in [6.45, 7) is 7.86. The van der Waals surface area contributed by atoms with Crippen LogP contribution < -0.4 is 10.6 Å². The highest BCUT2D eigenvalue weighted by molar-refractivity contribution is 5.81. The van der Waals surface area contributed by atoms with E-state index in [1.54, 1.807) is 0 Å². The molecule has 1 aromatic carbocycles. The van der Waals surface area contributed by atoms with E-state index in [2.05, 4.69) is 15.6 Å². The Balaban J connectivity index is 2.11. The summed E-state index contributed by atoms with van der Waals surface area (Å²) in [7, 11) is 0. The molecule has 1 atom stereocenters. The van der Waals surface area contributed by atoms with Gasteiger partial charge in [-0.3, -0.25) is 9.59 Å². The molecular formula is C20H30N4O3. The van der Waals surface area contributed by atoms with Crippen LogP contribution in [0.4, 0.5) is 0 Å². The quantitative estimate of drug-likeness (QED) is 0.592. The van der Waals surface area contributed by atoms with Gasteiger partial charge in [-0.2, -0.15) is 0 Å². The van der Waals surface area contributed by atoms with E-state index in [1.807, 2.05) is 49.6 Å². The smallest absolute Gasteiger partial charge is 0.240 e. The van der Waals surface area contributed by atoms with Gasteiger partial charge in [0.05, 0.1) is 17.1 Å². The van der Waals surface area contributed by atoms with Crippen LogP contribution in [0.2, 0.25) is 0 Å². The third kappa shape index (κ3) is 6.06. The van der Waals surface area contributed by atoms with Gasteiger partial charge in [0.2, 0.25) is 11.8 Å². The number of hydrogen-bond donors (Lipinski definition) is 2. The molecule has 1 heterocycles. The normalized spacial score (nSPS) is 12.1. The van der Waals surface area contributed by atoms with Crippen molar-refractivity contribution >= 4 is 22.8 Å². The molecule has 27 heavy (non-hydrogen) atoms. The van der Waals surface area contributed by atoms with Gasteiger partial charge in [-0.15, -0.1) is 0 Å². The molecule has 0 aliphatic heterocycles. The average Bonchev–Trinajstić information content (AvgIpc) is 3.00. The highest BCUT2D eigenvalue weighted by atomic mass is 16.5. The maximum atomic E-state index is 12.4. The van der Waals surface area contributed by atoms with E-state index in [4.69, 9.17) is 4.74 Å². The molecule has 0 saturated heterocycles. The molecular weight excluding hydrogens is 344 g/mol. The maximum absolute atomic E-state index is 12.4. The summed E-state index contributed by atoms with van der Waals surface area (Å²) >= 11 is 0. The van der Waals surface area contributed by atoms with Gasteiger partial charge in [-0.05, 0) is 38.8 Å². The first-order valence-corrected chi connectivity index (χ1v) is 9.65. The van der Waals surface area contributed by atoms with Gasteiger partial charge in [0, 0.05) is 26.2 Å². The molecule has 0 bridgehead atoms. The fourth-order valence-electron chi connectivity index (χ4n) is 2.94. The van der Waals surface area contributed by atoms with Crippen LogP contribution in [0.3, 0.4) is 0 Å². The Hall–Kier alpha value is -2.41. The van der Waals surface area contributed by atoms with Crippen LogP contribution in [-0.2, 0) is 20.9 Å². The van der Waals surface area contributed by atoms with Crippen molar-refractivity contribution < 1.29 is 14.3 Å². The number of para-hydroxylation sites is 2. The van der Waals surface area contributed by atoms with Crippen LogP contribution in [0.1, 0.15) is 51.9 Å². The second kappa shape index (κ2) is 10.7. The van der Waals surface area contributed by atoms with Gasteiger partial charge in [0.25, 0.3) is 0 Å². The van der Waals surface area contributed by atoms with E-state index in [-0.39, 0.29) is 24.4 Å². The highest BCUT2D eigenvalue weighted by Gasteiger charge is 2.19. The van der Waals surface area contributed by atoms with Crippen LogP contribution in [0.25, 0.3) is 11.0 Å². The average molecular weight is 374 g/mol. The summed E-state index contributed by atoms with van der Waals surface area (Å²) in [5.74, 6) is 0.595. The molecule has 0 spiro atoms. The number of carbonyl (C=O) groups excluding carboxylic acids is 2. The monoisotopic (exact) mass is 374 g/mol. The number of nitrogens with zero attached hydrogens (tertiary/aromatic N) is 2. The van der Waals surface area contributed by atoms with Crippen molar-refractivity contribution in [3.63, 3.8) is 0 Å². The fraction of sp³-hybridized carbons (Fsp3) is 0.550. The number of amides is 2. The number of rotatable bonds is 11. The maximum Gasteiger partial charge on any atom is 0.240 e. The predicted octanol–water partition coefficient (Wildman–Crippen LogP) is 2.56. The molecule has 0 saturated carbocycles. The molecule has 7 heteroatoms. The van der Waals surface area contributed by atoms with Crippen LogP contribution in [0.15, 0.2) is 24.3 Å². The SMILES string of the molecule is CCCC(=O)NC(C)c1nc2ccccc2n1CC(=O)NCCCOCC. The Bertz CT molecular complexity index is 757. The Morgan fingerprint density at radius 1 is 1.22 bits per heavy atom. The highest BCUT2D eigenvalue weighted by Crippen LogP contribution is 2.21. The number of fused-ring (bicyclic) bond motifs is 1. The lowest BCUT2D eigenvalue weighted by molar-refractivity contribution is -0.122. The lowest BCUT2D eigenvalue weighted by atomic mass is 10.2. The molecule has 7 nitrogen and oxygen atoms in total. The predicted molar refractivity (Wildman–Crippen MR) is 105 cm³/mol. The van der Waals surface area contributed by atoms with Crippen molar-refractivity contribution in [1.82, 2.24) is 20.2 Å². The van der Waals surface area contributed by atoms with Crippen LogP contribution in [-0.4, -0.2) is 41.1 Å². The molecule has 0 aliphatic carbocycles. The fourth-order valence-corrected chi connectivity index (χ4v) is 2.94. The van der Waals surface area contributed by atoms with E-state index in [1.165, 1.54) is 0 Å². The van der Waals surface area contributed by atoms with Gasteiger partial charge in [0.1, 0.15) is 12.4 Å². The lowest BCUT2D eigenvalue weighted by Gasteiger charge is -2.16. The van der Waals surface area contributed by atoms with Crippen molar-refractivity contribution in [3.05, 3.63) is 30.1 Å². The molecule has 2 N–H and O–H groups in total. The van der Waals surface area contributed by atoms with Crippen molar-refractivity contribution in [1.29, 1.82) is 0 Å². The summed E-state index contributed by atoms with van der Waals surface area (Å²) < 4.78 is 7.16. The zero-order chi connectivity index (χ0) is 19.6. The molecule has 0 radical (unpaired) electrons. The second-order valence-electron chi connectivity index (χ2n) is 6.48. The van der Waals surface area contributed by atoms with Gasteiger partial charge in [-0.25, -0.2) is 4.98 Å². The zero-order valence-electron chi connectivity index (χ0n) is 16.5. The number of aromatic nitrogens is 2. The minimum absolute atomic E-state index is 0.0102. The Labute approximate surface area is 160 Å². The second-order valence-corrected chi connectivity index (χ2v) is 6.48. The summed E-state index contributed by atoms with van der Waals surface area (Å²) in [6.07, 6.45) is 2.05. The van der Waals surface area contributed by atoms with Gasteiger partial charge in [0.15, 0.2) is 0 Å². The molecule has 0 fully saturated rings.